The highest BCUT2D eigenvalue weighted by atomic mass is 16.4. The summed E-state index contributed by atoms with van der Waals surface area (Å²) in [6.07, 6.45) is 0.0457. The molecule has 0 aliphatic carbocycles. The van der Waals surface area contributed by atoms with Crippen LogP contribution in [0.1, 0.15) is 20.3 Å². The largest absolute Gasteiger partial charge is 0.481 e. The van der Waals surface area contributed by atoms with Gasteiger partial charge in [-0.05, 0) is 26.0 Å². The first-order valence-electron chi connectivity index (χ1n) is 6.19. The van der Waals surface area contributed by atoms with Crippen molar-refractivity contribution in [2.24, 2.45) is 0 Å². The summed E-state index contributed by atoms with van der Waals surface area (Å²) in [6.45, 7) is 4.42. The molecule has 0 bridgehead atoms. The van der Waals surface area contributed by atoms with E-state index in [1.807, 2.05) is 43.0 Å². The van der Waals surface area contributed by atoms with Crippen molar-refractivity contribution in [3.05, 3.63) is 24.3 Å². The van der Waals surface area contributed by atoms with Gasteiger partial charge in [-0.1, -0.05) is 12.1 Å². The summed E-state index contributed by atoms with van der Waals surface area (Å²) in [5.41, 5.74) is 1.49. The van der Waals surface area contributed by atoms with E-state index < -0.39 is 5.97 Å². The maximum atomic E-state index is 10.8. The number of aliphatic carboxylic acids is 1. The number of hydrogen-bond donors (Lipinski definition) is 1. The first-order chi connectivity index (χ1) is 9.11. The van der Waals surface area contributed by atoms with Gasteiger partial charge in [0.25, 0.3) is 0 Å². The van der Waals surface area contributed by atoms with E-state index in [2.05, 4.69) is 15.2 Å². The SMILES string of the molecule is CCN(c1nnc2ccccc2n1)C(C)CC(=O)O. The minimum atomic E-state index is -0.834. The van der Waals surface area contributed by atoms with Crippen LogP contribution in [-0.2, 0) is 4.79 Å². The van der Waals surface area contributed by atoms with Gasteiger partial charge in [-0.25, -0.2) is 4.98 Å². The Morgan fingerprint density at radius 3 is 2.63 bits per heavy atom. The summed E-state index contributed by atoms with van der Waals surface area (Å²) < 4.78 is 0. The molecule has 100 valence electrons. The number of fused-ring (bicyclic) bond motifs is 1. The van der Waals surface area contributed by atoms with Crippen molar-refractivity contribution in [3.8, 4) is 0 Å². The summed E-state index contributed by atoms with van der Waals surface area (Å²) in [6, 6.07) is 7.30. The lowest BCUT2D eigenvalue weighted by Gasteiger charge is -2.26. The lowest BCUT2D eigenvalue weighted by atomic mass is 10.2. The second-order valence-electron chi connectivity index (χ2n) is 4.33. The molecule has 0 saturated heterocycles. The molecule has 2 rings (SSSR count). The average molecular weight is 260 g/mol. The van der Waals surface area contributed by atoms with Gasteiger partial charge in [0.15, 0.2) is 0 Å². The quantitative estimate of drug-likeness (QED) is 0.881. The number of para-hydroxylation sites is 1. The van der Waals surface area contributed by atoms with Gasteiger partial charge in [0.1, 0.15) is 5.52 Å². The molecule has 6 nitrogen and oxygen atoms in total. The van der Waals surface area contributed by atoms with Gasteiger partial charge in [-0.15, -0.1) is 10.2 Å². The number of benzene rings is 1. The monoisotopic (exact) mass is 260 g/mol. The lowest BCUT2D eigenvalue weighted by molar-refractivity contribution is -0.137. The van der Waals surface area contributed by atoms with Crippen LogP contribution in [0.15, 0.2) is 24.3 Å². The highest BCUT2D eigenvalue weighted by Crippen LogP contribution is 2.15. The summed E-state index contributed by atoms with van der Waals surface area (Å²) >= 11 is 0. The van der Waals surface area contributed by atoms with Crippen LogP contribution in [0.5, 0.6) is 0 Å². The fourth-order valence-electron chi connectivity index (χ4n) is 2.01. The predicted octanol–water partition coefficient (Wildman–Crippen LogP) is 1.71. The Balaban J connectivity index is 2.32. The second-order valence-corrected chi connectivity index (χ2v) is 4.33. The Hall–Kier alpha value is -2.24. The number of aromatic nitrogens is 3. The highest BCUT2D eigenvalue weighted by molar-refractivity contribution is 5.74. The Kier molecular flexibility index (Phi) is 3.89. The fourth-order valence-corrected chi connectivity index (χ4v) is 2.01. The topological polar surface area (TPSA) is 79.2 Å². The number of carboxylic acids is 1. The molecule has 1 heterocycles. The van der Waals surface area contributed by atoms with E-state index in [0.717, 1.165) is 11.0 Å². The molecule has 0 aliphatic rings. The standard InChI is InChI=1S/C13H16N4O2/c1-3-17(9(2)8-12(18)19)13-14-10-6-4-5-7-11(10)15-16-13/h4-7,9H,3,8H2,1-2H3,(H,18,19). The Morgan fingerprint density at radius 1 is 1.32 bits per heavy atom. The zero-order valence-electron chi connectivity index (χ0n) is 10.9. The van der Waals surface area contributed by atoms with Gasteiger partial charge in [0.05, 0.1) is 11.9 Å². The van der Waals surface area contributed by atoms with Gasteiger partial charge in [0.2, 0.25) is 5.95 Å². The minimum Gasteiger partial charge on any atom is -0.481 e. The highest BCUT2D eigenvalue weighted by Gasteiger charge is 2.18. The van der Waals surface area contributed by atoms with Crippen molar-refractivity contribution < 1.29 is 9.90 Å². The Morgan fingerprint density at radius 2 is 2.00 bits per heavy atom. The molecule has 1 unspecified atom stereocenters. The predicted molar refractivity (Wildman–Crippen MR) is 72.1 cm³/mol. The zero-order valence-corrected chi connectivity index (χ0v) is 10.9. The van der Waals surface area contributed by atoms with Crippen LogP contribution < -0.4 is 4.90 Å². The number of anilines is 1. The molecule has 0 amide bonds. The van der Waals surface area contributed by atoms with Gasteiger partial charge in [-0.2, -0.15) is 0 Å². The molecule has 0 aliphatic heterocycles. The number of carbonyl (C=O) groups is 1. The fraction of sp³-hybridized carbons (Fsp3) is 0.385. The van der Waals surface area contributed by atoms with Crippen molar-refractivity contribution in [2.75, 3.05) is 11.4 Å². The summed E-state index contributed by atoms with van der Waals surface area (Å²) in [4.78, 5) is 17.1. The van der Waals surface area contributed by atoms with E-state index in [9.17, 15) is 4.79 Å². The first kappa shape index (κ1) is 13.2. The molecule has 0 radical (unpaired) electrons. The molecule has 1 N–H and O–H groups in total. The molecule has 0 spiro atoms. The zero-order chi connectivity index (χ0) is 13.8. The first-order valence-corrected chi connectivity index (χ1v) is 6.19. The molecule has 1 aromatic carbocycles. The van der Waals surface area contributed by atoms with E-state index in [-0.39, 0.29) is 12.5 Å². The lowest BCUT2D eigenvalue weighted by Crippen LogP contribution is -2.36. The minimum absolute atomic E-state index is 0.0457. The third kappa shape index (κ3) is 2.96. The Labute approximate surface area is 111 Å². The van der Waals surface area contributed by atoms with Crippen molar-refractivity contribution >= 4 is 23.0 Å². The normalized spacial score (nSPS) is 12.3. The van der Waals surface area contributed by atoms with E-state index in [4.69, 9.17) is 5.11 Å². The number of nitrogens with zero attached hydrogens (tertiary/aromatic N) is 4. The third-order valence-electron chi connectivity index (χ3n) is 2.95. The molecule has 6 heteroatoms. The van der Waals surface area contributed by atoms with E-state index in [0.29, 0.717) is 12.5 Å². The van der Waals surface area contributed by atoms with Gasteiger partial charge >= 0.3 is 5.97 Å². The molecular weight excluding hydrogens is 244 g/mol. The Bertz CT molecular complexity index is 588. The van der Waals surface area contributed by atoms with Crippen molar-refractivity contribution in [2.45, 2.75) is 26.3 Å². The van der Waals surface area contributed by atoms with Crippen LogP contribution in [0.4, 0.5) is 5.95 Å². The average Bonchev–Trinajstić information content (AvgIpc) is 2.38. The van der Waals surface area contributed by atoms with Gasteiger partial charge < -0.3 is 10.0 Å². The van der Waals surface area contributed by atoms with Crippen LogP contribution in [0.3, 0.4) is 0 Å². The van der Waals surface area contributed by atoms with E-state index >= 15 is 0 Å². The van der Waals surface area contributed by atoms with Crippen LogP contribution in [0, 0.1) is 0 Å². The van der Waals surface area contributed by atoms with Crippen molar-refractivity contribution in [1.29, 1.82) is 0 Å². The van der Waals surface area contributed by atoms with Crippen LogP contribution in [-0.4, -0.2) is 38.8 Å². The van der Waals surface area contributed by atoms with Crippen LogP contribution in [0.2, 0.25) is 0 Å². The molecule has 2 aromatic rings. The van der Waals surface area contributed by atoms with E-state index in [1.54, 1.807) is 0 Å². The summed E-state index contributed by atoms with van der Waals surface area (Å²) in [5.74, 6) is -0.366. The number of carboxylic acid groups (broad SMARTS) is 1. The molecule has 1 aromatic heterocycles. The number of rotatable bonds is 5. The molecular formula is C13H16N4O2. The molecule has 0 fully saturated rings. The second kappa shape index (κ2) is 5.60. The maximum absolute atomic E-state index is 10.8. The number of hydrogen-bond acceptors (Lipinski definition) is 5. The maximum Gasteiger partial charge on any atom is 0.305 e. The third-order valence-corrected chi connectivity index (χ3v) is 2.95. The molecule has 0 saturated carbocycles. The summed E-state index contributed by atoms with van der Waals surface area (Å²) in [5, 5.41) is 17.1. The molecule has 19 heavy (non-hydrogen) atoms. The van der Waals surface area contributed by atoms with Crippen LogP contribution in [0.25, 0.3) is 11.0 Å². The van der Waals surface area contributed by atoms with Crippen molar-refractivity contribution in [3.63, 3.8) is 0 Å². The molecule has 1 atom stereocenters. The van der Waals surface area contributed by atoms with Crippen LogP contribution >= 0.6 is 0 Å². The van der Waals surface area contributed by atoms with Crippen molar-refractivity contribution in [1.82, 2.24) is 15.2 Å². The summed E-state index contributed by atoms with van der Waals surface area (Å²) in [7, 11) is 0. The van der Waals surface area contributed by atoms with Gasteiger partial charge in [0, 0.05) is 12.6 Å². The van der Waals surface area contributed by atoms with Gasteiger partial charge in [-0.3, -0.25) is 4.79 Å². The smallest absolute Gasteiger partial charge is 0.305 e. The van der Waals surface area contributed by atoms with E-state index in [1.165, 1.54) is 0 Å².